The summed E-state index contributed by atoms with van der Waals surface area (Å²) in [6, 6.07) is 8.67. The smallest absolute Gasteiger partial charge is 0.411 e. The fourth-order valence-electron chi connectivity index (χ4n) is 3.18. The highest BCUT2D eigenvalue weighted by molar-refractivity contribution is 5.86. The van der Waals surface area contributed by atoms with E-state index in [0.717, 1.165) is 11.3 Å². The number of methoxy groups -OCH3 is 1. The lowest BCUT2D eigenvalue weighted by molar-refractivity contribution is 0.183. The molecule has 3 rings (SSSR count). The van der Waals surface area contributed by atoms with Crippen LogP contribution in [-0.4, -0.2) is 51.0 Å². The van der Waals surface area contributed by atoms with Crippen molar-refractivity contribution in [2.75, 3.05) is 25.2 Å². The first kappa shape index (κ1) is 22.2. The average molecular weight is 425 g/mol. The van der Waals surface area contributed by atoms with Crippen LogP contribution in [0.1, 0.15) is 25.1 Å². The van der Waals surface area contributed by atoms with Crippen LogP contribution in [0.4, 0.5) is 10.5 Å². The molecule has 9 heteroatoms. The predicted octanol–water partition coefficient (Wildman–Crippen LogP) is 2.81. The largest absolute Gasteiger partial charge is 0.465 e. The highest BCUT2D eigenvalue weighted by atomic mass is 16.5. The fourth-order valence-corrected chi connectivity index (χ4v) is 3.18. The molecule has 3 aromatic rings. The average Bonchev–Trinajstić information content (AvgIpc) is 3.21. The van der Waals surface area contributed by atoms with Crippen LogP contribution in [0.3, 0.4) is 0 Å². The van der Waals surface area contributed by atoms with Crippen LogP contribution in [0.25, 0.3) is 5.69 Å². The molecule has 0 fully saturated rings. The van der Waals surface area contributed by atoms with Crippen molar-refractivity contribution >= 4 is 11.8 Å². The molecule has 1 aromatic carbocycles. The molecule has 1 amide bonds. The molecule has 0 saturated carbocycles. The third-order valence-electron chi connectivity index (χ3n) is 4.66. The Balaban J connectivity index is 1.84. The topological polar surface area (TPSA) is 102 Å². The Kier molecular flexibility index (Phi) is 7.19. The molecule has 0 atom stereocenters. The number of hydrogen-bond acceptors (Lipinski definition) is 5. The molecule has 1 N–H and O–H groups in total. The van der Waals surface area contributed by atoms with Crippen molar-refractivity contribution in [1.82, 2.24) is 19.6 Å². The summed E-state index contributed by atoms with van der Waals surface area (Å²) >= 11 is 0. The van der Waals surface area contributed by atoms with Crippen LogP contribution in [0.15, 0.2) is 53.7 Å². The zero-order valence-corrected chi connectivity index (χ0v) is 17.9. The summed E-state index contributed by atoms with van der Waals surface area (Å²) in [4.78, 5) is 25.4. The second-order valence-corrected chi connectivity index (χ2v) is 7.66. The Hall–Kier alpha value is -3.46. The second-order valence-electron chi connectivity index (χ2n) is 7.66. The molecule has 0 aliphatic carbocycles. The van der Waals surface area contributed by atoms with Crippen molar-refractivity contribution in [1.29, 1.82) is 0 Å². The number of anilines is 1. The summed E-state index contributed by atoms with van der Waals surface area (Å²) in [5, 5.41) is 18.3. The van der Waals surface area contributed by atoms with Gasteiger partial charge in [-0.25, -0.2) is 9.48 Å². The molecule has 0 spiro atoms. The zero-order chi connectivity index (χ0) is 22.4. The van der Waals surface area contributed by atoms with E-state index in [0.29, 0.717) is 37.5 Å². The molecule has 2 aromatic heterocycles. The van der Waals surface area contributed by atoms with Crippen molar-refractivity contribution in [3.05, 3.63) is 70.4 Å². The minimum atomic E-state index is -1.00. The maximum Gasteiger partial charge on any atom is 0.411 e. The molecule has 9 nitrogen and oxygen atoms in total. The fraction of sp³-hybridized carbons (Fsp3) is 0.364. The highest BCUT2D eigenvalue weighted by Crippen LogP contribution is 2.19. The quantitative estimate of drug-likeness (QED) is 0.566. The van der Waals surface area contributed by atoms with Gasteiger partial charge in [0.25, 0.3) is 0 Å². The van der Waals surface area contributed by atoms with Gasteiger partial charge in [-0.15, -0.1) is 0 Å². The number of nitrogens with zero attached hydrogens (tertiary/aromatic N) is 5. The Bertz CT molecular complexity index is 1090. The number of hydrogen-bond donors (Lipinski definition) is 1. The van der Waals surface area contributed by atoms with E-state index in [4.69, 9.17) is 4.74 Å². The summed E-state index contributed by atoms with van der Waals surface area (Å²) < 4.78 is 8.42. The van der Waals surface area contributed by atoms with Crippen molar-refractivity contribution in [3.63, 3.8) is 0 Å². The van der Waals surface area contributed by atoms with Gasteiger partial charge in [0.05, 0.1) is 25.5 Å². The molecule has 0 bridgehead atoms. The number of aromatic nitrogens is 4. The van der Waals surface area contributed by atoms with Gasteiger partial charge < -0.3 is 9.84 Å². The SMILES string of the molecule is COCCn1cc(-n2ccc(=O)c(Cc3cccc(N(CC(C)C)C(=O)O)c3)n2)cn1. The van der Waals surface area contributed by atoms with Gasteiger partial charge in [0.15, 0.2) is 0 Å². The molecule has 0 aliphatic rings. The summed E-state index contributed by atoms with van der Waals surface area (Å²) in [6.45, 7) is 5.49. The van der Waals surface area contributed by atoms with Crippen molar-refractivity contribution in [3.8, 4) is 5.69 Å². The minimum absolute atomic E-state index is 0.175. The summed E-state index contributed by atoms with van der Waals surface area (Å²) in [7, 11) is 1.63. The summed E-state index contributed by atoms with van der Waals surface area (Å²) in [5.74, 6) is 0.188. The molecule has 164 valence electrons. The van der Waals surface area contributed by atoms with Crippen LogP contribution in [-0.2, 0) is 17.7 Å². The van der Waals surface area contributed by atoms with Crippen LogP contribution < -0.4 is 10.3 Å². The van der Waals surface area contributed by atoms with Crippen LogP contribution in [0.5, 0.6) is 0 Å². The van der Waals surface area contributed by atoms with Crippen LogP contribution >= 0.6 is 0 Å². The van der Waals surface area contributed by atoms with Crippen molar-refractivity contribution < 1.29 is 14.6 Å². The maximum absolute atomic E-state index is 12.4. The van der Waals surface area contributed by atoms with Gasteiger partial charge in [0.1, 0.15) is 11.4 Å². The highest BCUT2D eigenvalue weighted by Gasteiger charge is 2.16. The van der Waals surface area contributed by atoms with Crippen LogP contribution in [0.2, 0.25) is 0 Å². The third kappa shape index (κ3) is 5.79. The lowest BCUT2D eigenvalue weighted by Gasteiger charge is -2.22. The van der Waals surface area contributed by atoms with Gasteiger partial charge >= 0.3 is 6.09 Å². The third-order valence-corrected chi connectivity index (χ3v) is 4.66. The van der Waals surface area contributed by atoms with E-state index in [1.54, 1.807) is 47.1 Å². The molecule has 0 unspecified atom stereocenters. The summed E-state index contributed by atoms with van der Waals surface area (Å²) in [5.41, 5.74) is 2.32. The van der Waals surface area contributed by atoms with Crippen molar-refractivity contribution in [2.45, 2.75) is 26.8 Å². The Morgan fingerprint density at radius 1 is 1.29 bits per heavy atom. The Labute approximate surface area is 180 Å². The Morgan fingerprint density at radius 3 is 2.81 bits per heavy atom. The summed E-state index contributed by atoms with van der Waals surface area (Å²) in [6.07, 6.45) is 4.40. The van der Waals surface area contributed by atoms with E-state index in [2.05, 4.69) is 10.2 Å². The molecule has 31 heavy (non-hydrogen) atoms. The van der Waals surface area contributed by atoms with Gasteiger partial charge in [-0.2, -0.15) is 10.2 Å². The molecule has 0 aliphatic heterocycles. The molecular formula is C22H27N5O4. The minimum Gasteiger partial charge on any atom is -0.465 e. The molecule has 0 saturated heterocycles. The zero-order valence-electron chi connectivity index (χ0n) is 17.9. The first-order valence-electron chi connectivity index (χ1n) is 10.1. The maximum atomic E-state index is 12.4. The predicted molar refractivity (Wildman–Crippen MR) is 117 cm³/mol. The normalized spacial score (nSPS) is 11.1. The van der Waals surface area contributed by atoms with Gasteiger partial charge in [-0.3, -0.25) is 14.4 Å². The van der Waals surface area contributed by atoms with E-state index in [-0.39, 0.29) is 11.3 Å². The first-order chi connectivity index (χ1) is 14.9. The van der Waals surface area contributed by atoms with Gasteiger partial charge in [-0.05, 0) is 23.6 Å². The van der Waals surface area contributed by atoms with Crippen molar-refractivity contribution in [2.24, 2.45) is 5.92 Å². The van der Waals surface area contributed by atoms with E-state index < -0.39 is 6.09 Å². The van der Waals surface area contributed by atoms with Gasteiger partial charge in [-0.1, -0.05) is 26.0 Å². The van der Waals surface area contributed by atoms with E-state index in [1.807, 2.05) is 26.1 Å². The van der Waals surface area contributed by atoms with E-state index in [1.165, 1.54) is 11.0 Å². The number of ether oxygens (including phenoxy) is 1. The number of benzene rings is 1. The molecule has 0 radical (unpaired) electrons. The molecular weight excluding hydrogens is 398 g/mol. The standard InChI is InChI=1S/C22H27N5O4/c1-16(2)14-26(22(29)30)18-6-4-5-17(11-18)12-20-21(28)7-8-27(24-20)19-13-23-25(15-19)9-10-31-3/h4-8,11,13,15-16H,9-10,12,14H2,1-3H3,(H,29,30). The van der Waals surface area contributed by atoms with Crippen LogP contribution in [0, 0.1) is 5.92 Å². The number of carbonyl (C=O) groups is 1. The lowest BCUT2D eigenvalue weighted by Crippen LogP contribution is -2.32. The molecule has 2 heterocycles. The number of carboxylic acid groups (broad SMARTS) is 1. The van der Waals surface area contributed by atoms with Gasteiger partial charge in [0, 0.05) is 38.0 Å². The first-order valence-corrected chi connectivity index (χ1v) is 10.1. The van der Waals surface area contributed by atoms with E-state index >= 15 is 0 Å². The number of rotatable bonds is 9. The van der Waals surface area contributed by atoms with E-state index in [9.17, 15) is 14.7 Å². The number of amides is 1. The monoisotopic (exact) mass is 425 g/mol. The lowest BCUT2D eigenvalue weighted by atomic mass is 10.1. The van der Waals surface area contributed by atoms with Gasteiger partial charge in [0.2, 0.25) is 5.43 Å². The Morgan fingerprint density at radius 2 is 2.10 bits per heavy atom. The second kappa shape index (κ2) is 10.0.